The molecule has 0 atom stereocenters. The van der Waals surface area contributed by atoms with Crippen LogP contribution in [0.4, 0.5) is 0 Å². The zero-order valence-corrected chi connectivity index (χ0v) is 27.2. The smallest absolute Gasteiger partial charge is 0.0347 e. The quantitative estimate of drug-likeness (QED) is 0.183. The van der Waals surface area contributed by atoms with E-state index in [9.17, 15) is 0 Å². The molecular formula is C44H31N6-. The molecule has 7 aromatic rings. The average molecular weight is 644 g/mol. The highest BCUT2D eigenvalue weighted by Crippen LogP contribution is 2.43. The molecule has 0 amide bonds. The average Bonchev–Trinajstić information content (AvgIpc) is 3.20. The van der Waals surface area contributed by atoms with Gasteiger partial charge in [-0.05, 0) is 115 Å². The molecule has 0 unspecified atom stereocenters. The van der Waals surface area contributed by atoms with Gasteiger partial charge in [-0.1, -0.05) is 54.1 Å². The molecule has 9 rings (SSSR count). The van der Waals surface area contributed by atoms with Crippen LogP contribution in [-0.4, -0.2) is 33.0 Å². The van der Waals surface area contributed by atoms with Crippen LogP contribution in [0.3, 0.4) is 0 Å². The Morgan fingerprint density at radius 2 is 1.12 bits per heavy atom. The minimum Gasteiger partial charge on any atom is -0.686 e. The van der Waals surface area contributed by atoms with Gasteiger partial charge < -0.3 is 10.6 Å². The SMILES string of the molecule is C1=CC(C2=C[N-]CC(c3c4cccc(-c5cncc(-c6ccncc6)c5)c4cc4c(-c5cncc(-c6ccncc6)c5)cccc34)=C2)=CCN1. The maximum Gasteiger partial charge on any atom is 0.0347 e. The fraction of sp³-hybridized carbons (Fsp3) is 0.0455. The lowest BCUT2D eigenvalue weighted by Crippen LogP contribution is -2.10. The summed E-state index contributed by atoms with van der Waals surface area (Å²) in [5.74, 6) is 0. The van der Waals surface area contributed by atoms with Gasteiger partial charge >= 0.3 is 0 Å². The van der Waals surface area contributed by atoms with Crippen LogP contribution in [0.5, 0.6) is 0 Å². The summed E-state index contributed by atoms with van der Waals surface area (Å²) < 4.78 is 0. The van der Waals surface area contributed by atoms with Gasteiger partial charge in [0.15, 0.2) is 0 Å². The van der Waals surface area contributed by atoms with Crippen molar-refractivity contribution in [1.29, 1.82) is 0 Å². The zero-order chi connectivity index (χ0) is 33.3. The van der Waals surface area contributed by atoms with Gasteiger partial charge in [-0.3, -0.25) is 19.9 Å². The molecule has 4 aromatic heterocycles. The lowest BCUT2D eigenvalue weighted by atomic mass is 9.85. The summed E-state index contributed by atoms with van der Waals surface area (Å²) in [6.07, 6.45) is 25.7. The van der Waals surface area contributed by atoms with Crippen molar-refractivity contribution in [1.82, 2.24) is 25.3 Å². The number of benzene rings is 3. The van der Waals surface area contributed by atoms with Gasteiger partial charge in [-0.25, -0.2) is 0 Å². The van der Waals surface area contributed by atoms with Crippen molar-refractivity contribution in [2.75, 3.05) is 13.1 Å². The minimum atomic E-state index is 0.597. The Labute approximate surface area is 290 Å². The third kappa shape index (κ3) is 5.43. The summed E-state index contributed by atoms with van der Waals surface area (Å²) >= 11 is 0. The van der Waals surface area contributed by atoms with E-state index in [4.69, 9.17) is 15.3 Å². The summed E-state index contributed by atoms with van der Waals surface area (Å²) in [4.78, 5) is 17.8. The molecule has 3 aromatic carbocycles. The molecule has 0 saturated heterocycles. The number of aromatic nitrogens is 4. The van der Waals surface area contributed by atoms with Crippen LogP contribution in [0.15, 0.2) is 170 Å². The van der Waals surface area contributed by atoms with E-state index in [-0.39, 0.29) is 0 Å². The maximum atomic E-state index is 4.90. The second-order valence-electron chi connectivity index (χ2n) is 12.4. The Bertz CT molecular complexity index is 2390. The van der Waals surface area contributed by atoms with Crippen LogP contribution in [0.1, 0.15) is 5.56 Å². The van der Waals surface area contributed by atoms with Crippen LogP contribution in [0.2, 0.25) is 0 Å². The first-order valence-electron chi connectivity index (χ1n) is 16.7. The molecule has 0 radical (unpaired) electrons. The fourth-order valence-corrected chi connectivity index (χ4v) is 7.08. The molecular weight excluding hydrogens is 613 g/mol. The first-order valence-corrected chi connectivity index (χ1v) is 16.7. The van der Waals surface area contributed by atoms with Crippen LogP contribution < -0.4 is 5.32 Å². The molecule has 6 heterocycles. The summed E-state index contributed by atoms with van der Waals surface area (Å²) in [6.45, 7) is 1.40. The molecule has 238 valence electrons. The highest BCUT2D eigenvalue weighted by atomic mass is 14.8. The van der Waals surface area contributed by atoms with E-state index in [1.807, 2.05) is 86.2 Å². The van der Waals surface area contributed by atoms with Gasteiger partial charge in [-0.2, -0.15) is 6.20 Å². The Hall–Kier alpha value is -6.66. The molecule has 0 saturated carbocycles. The number of fused-ring (bicyclic) bond motifs is 2. The third-order valence-corrected chi connectivity index (χ3v) is 9.46. The standard InChI is InChI=1S/C44H31N6/c1-3-38(35-19-32(23-48-26-35)29-7-13-45-14-8-29)42-22-43-39(36-20-33(24-49-27-36)30-9-15-46-16-10-30)4-2-6-41(43)44(40(42)5-1)37-21-34(25-50-28-37)31-11-17-47-18-12-31/h1-17,19-27,47H,18,28H2/q-1. The number of nitrogens with zero attached hydrogens (tertiary/aromatic N) is 5. The summed E-state index contributed by atoms with van der Waals surface area (Å²) in [6, 6.07) is 28.1. The number of pyridine rings is 4. The second kappa shape index (κ2) is 12.7. The van der Waals surface area contributed by atoms with Crippen molar-refractivity contribution in [2.45, 2.75) is 0 Å². The third-order valence-electron chi connectivity index (χ3n) is 9.46. The van der Waals surface area contributed by atoms with Crippen LogP contribution >= 0.6 is 0 Å². The van der Waals surface area contributed by atoms with E-state index >= 15 is 0 Å². The van der Waals surface area contributed by atoms with E-state index in [0.29, 0.717) is 6.54 Å². The molecule has 6 heteroatoms. The number of hydrogen-bond acceptors (Lipinski definition) is 5. The number of allylic oxidation sites excluding steroid dienone is 4. The van der Waals surface area contributed by atoms with E-state index in [1.54, 1.807) is 0 Å². The molecule has 1 N–H and O–H groups in total. The van der Waals surface area contributed by atoms with Gasteiger partial charge in [0.2, 0.25) is 0 Å². The molecule has 0 fully saturated rings. The Morgan fingerprint density at radius 3 is 1.68 bits per heavy atom. The number of hydrogen-bond donors (Lipinski definition) is 1. The maximum absolute atomic E-state index is 4.90. The zero-order valence-electron chi connectivity index (χ0n) is 27.2. The number of rotatable bonds is 6. The molecule has 6 nitrogen and oxygen atoms in total. The van der Waals surface area contributed by atoms with Crippen molar-refractivity contribution in [2.24, 2.45) is 0 Å². The summed E-state index contributed by atoms with van der Waals surface area (Å²) in [5.41, 5.74) is 13.3. The van der Waals surface area contributed by atoms with Gasteiger partial charge in [-0.15, -0.1) is 6.54 Å². The van der Waals surface area contributed by atoms with E-state index in [1.165, 1.54) is 27.5 Å². The minimum absolute atomic E-state index is 0.597. The van der Waals surface area contributed by atoms with Crippen LogP contribution in [-0.2, 0) is 0 Å². The predicted octanol–water partition coefficient (Wildman–Crippen LogP) is 9.94. The van der Waals surface area contributed by atoms with E-state index in [0.717, 1.165) is 67.4 Å². The van der Waals surface area contributed by atoms with Crippen LogP contribution in [0, 0.1) is 0 Å². The first-order chi connectivity index (χ1) is 24.8. The number of nitrogens with one attached hydrogen (secondary N) is 1. The molecule has 50 heavy (non-hydrogen) atoms. The van der Waals surface area contributed by atoms with Crippen molar-refractivity contribution in [3.63, 3.8) is 0 Å². The Morgan fingerprint density at radius 1 is 0.540 bits per heavy atom. The lowest BCUT2D eigenvalue weighted by Gasteiger charge is -2.29. The van der Waals surface area contributed by atoms with Crippen LogP contribution in [0.25, 0.3) is 76.9 Å². The number of dihydropyridines is 1. The van der Waals surface area contributed by atoms with Crippen molar-refractivity contribution < 1.29 is 0 Å². The van der Waals surface area contributed by atoms with E-state index < -0.39 is 0 Å². The Balaban J connectivity index is 1.30. The van der Waals surface area contributed by atoms with Gasteiger partial charge in [0.1, 0.15) is 0 Å². The molecule has 2 aliphatic rings. The normalized spacial score (nSPS) is 14.0. The van der Waals surface area contributed by atoms with Gasteiger partial charge in [0.25, 0.3) is 0 Å². The molecule has 2 aliphatic heterocycles. The first kappa shape index (κ1) is 29.5. The van der Waals surface area contributed by atoms with Crippen molar-refractivity contribution in [3.05, 3.63) is 181 Å². The molecule has 0 aliphatic carbocycles. The summed E-state index contributed by atoms with van der Waals surface area (Å²) in [5, 5.41) is 12.9. The van der Waals surface area contributed by atoms with E-state index in [2.05, 4.69) is 88.1 Å². The molecule has 0 spiro atoms. The second-order valence-corrected chi connectivity index (χ2v) is 12.4. The topological polar surface area (TPSA) is 77.7 Å². The Kier molecular flexibility index (Phi) is 7.52. The highest BCUT2D eigenvalue weighted by molar-refractivity contribution is 6.16. The predicted molar refractivity (Wildman–Crippen MR) is 204 cm³/mol. The lowest BCUT2D eigenvalue weighted by molar-refractivity contribution is 0.961. The van der Waals surface area contributed by atoms with Crippen molar-refractivity contribution >= 4 is 27.1 Å². The van der Waals surface area contributed by atoms with Crippen molar-refractivity contribution in [3.8, 4) is 44.5 Å². The van der Waals surface area contributed by atoms with Gasteiger partial charge in [0, 0.05) is 78.4 Å². The largest absolute Gasteiger partial charge is 0.686 e. The van der Waals surface area contributed by atoms with Gasteiger partial charge in [0.05, 0.1) is 0 Å². The monoisotopic (exact) mass is 643 g/mol. The highest BCUT2D eigenvalue weighted by Gasteiger charge is 2.18. The molecule has 0 bridgehead atoms. The fourth-order valence-electron chi connectivity index (χ4n) is 7.08. The summed E-state index contributed by atoms with van der Waals surface area (Å²) in [7, 11) is 0.